The van der Waals surface area contributed by atoms with Gasteiger partial charge in [0.05, 0.1) is 0 Å². The third kappa shape index (κ3) is 4.44. The zero-order valence-corrected chi connectivity index (χ0v) is 19.5. The van der Waals surface area contributed by atoms with Gasteiger partial charge in [0.2, 0.25) is 0 Å². The molecule has 0 aromatic heterocycles. The van der Waals surface area contributed by atoms with E-state index in [2.05, 4.69) is 27.7 Å². The van der Waals surface area contributed by atoms with Crippen LogP contribution in [0, 0.1) is 46.3 Å². The van der Waals surface area contributed by atoms with Crippen molar-refractivity contribution in [3.05, 3.63) is 0 Å². The Morgan fingerprint density at radius 2 is 1.76 bits per heavy atom. The summed E-state index contributed by atoms with van der Waals surface area (Å²) in [6, 6.07) is 0. The van der Waals surface area contributed by atoms with Crippen LogP contribution in [0.25, 0.3) is 0 Å². The van der Waals surface area contributed by atoms with Crippen LogP contribution in [0.1, 0.15) is 105 Å². The van der Waals surface area contributed by atoms with Crippen molar-refractivity contribution in [2.75, 3.05) is 0 Å². The molecule has 0 spiro atoms. The van der Waals surface area contributed by atoms with Crippen LogP contribution in [0.2, 0.25) is 0 Å². The lowest BCUT2D eigenvalue weighted by Gasteiger charge is -2.57. The number of hydrogen-bond acceptors (Lipinski definition) is 2. The lowest BCUT2D eigenvalue weighted by atomic mass is 9.48. The third-order valence-electron chi connectivity index (χ3n) is 9.89. The average Bonchev–Trinajstić information content (AvgIpc) is 2.94. The Hall–Kier alpha value is -0.860. The minimum atomic E-state index is -0.672. The first-order chi connectivity index (χ1) is 13.6. The first kappa shape index (κ1) is 22.8. The Morgan fingerprint density at radius 1 is 1.03 bits per heavy atom. The molecule has 0 radical (unpaired) electrons. The second-order valence-corrected chi connectivity index (χ2v) is 11.7. The maximum Gasteiger partial charge on any atom is 0.303 e. The van der Waals surface area contributed by atoms with Gasteiger partial charge in [-0.05, 0) is 98.2 Å². The van der Waals surface area contributed by atoms with Gasteiger partial charge >= 0.3 is 5.97 Å². The van der Waals surface area contributed by atoms with Crippen LogP contribution in [0.15, 0.2) is 0 Å². The van der Waals surface area contributed by atoms with Crippen molar-refractivity contribution >= 4 is 11.8 Å². The fourth-order valence-corrected chi connectivity index (χ4v) is 8.37. The molecule has 0 aromatic rings. The molecule has 166 valence electrons. The molecule has 1 unspecified atom stereocenters. The van der Waals surface area contributed by atoms with E-state index >= 15 is 0 Å². The Balaban J connectivity index is 1.82. The molecule has 29 heavy (non-hydrogen) atoms. The molecule has 3 nitrogen and oxygen atoms in total. The van der Waals surface area contributed by atoms with Gasteiger partial charge in [0.15, 0.2) is 0 Å². The molecule has 3 aliphatic rings. The molecule has 3 fully saturated rings. The van der Waals surface area contributed by atoms with Gasteiger partial charge in [0, 0.05) is 12.8 Å². The standard InChI is InChI=1S/C26H44O3/c1-17(9-14-24(28)29)21-12-13-22(25(21,3)4)20-11-10-19-8-6-7-15-26(19,5)23(20)16-18(2)27/h17,19-23H,6-16H2,1-5H3,(H,28,29)/t17-,19+,20+,21?,22+,23+,26+/m1/s1. The van der Waals surface area contributed by atoms with Gasteiger partial charge in [0.1, 0.15) is 5.78 Å². The molecule has 3 saturated carbocycles. The normalized spacial score (nSPS) is 40.2. The molecule has 3 rings (SSSR count). The first-order valence-electron chi connectivity index (χ1n) is 12.3. The number of carboxylic acid groups (broad SMARTS) is 1. The van der Waals surface area contributed by atoms with Crippen molar-refractivity contribution in [2.45, 2.75) is 105 Å². The van der Waals surface area contributed by atoms with E-state index in [1.807, 2.05) is 0 Å². The summed E-state index contributed by atoms with van der Waals surface area (Å²) in [5.41, 5.74) is 0.575. The summed E-state index contributed by atoms with van der Waals surface area (Å²) in [6.07, 6.45) is 12.3. The minimum absolute atomic E-state index is 0.232. The van der Waals surface area contributed by atoms with E-state index in [1.54, 1.807) is 6.92 Å². The number of carbonyl (C=O) groups excluding carboxylic acids is 1. The van der Waals surface area contributed by atoms with Crippen LogP contribution in [-0.4, -0.2) is 16.9 Å². The predicted molar refractivity (Wildman–Crippen MR) is 118 cm³/mol. The van der Waals surface area contributed by atoms with Crippen molar-refractivity contribution in [1.29, 1.82) is 0 Å². The summed E-state index contributed by atoms with van der Waals surface area (Å²) in [4.78, 5) is 23.4. The van der Waals surface area contributed by atoms with E-state index < -0.39 is 5.97 Å². The van der Waals surface area contributed by atoms with E-state index in [0.29, 0.717) is 40.8 Å². The fraction of sp³-hybridized carbons (Fsp3) is 0.923. The van der Waals surface area contributed by atoms with E-state index in [4.69, 9.17) is 5.11 Å². The molecule has 3 heteroatoms. The smallest absolute Gasteiger partial charge is 0.303 e. The summed E-state index contributed by atoms with van der Waals surface area (Å²) < 4.78 is 0. The molecule has 0 saturated heterocycles. The topological polar surface area (TPSA) is 54.4 Å². The number of carbonyl (C=O) groups is 2. The maximum atomic E-state index is 12.3. The van der Waals surface area contributed by atoms with Gasteiger partial charge in [-0.1, -0.05) is 40.5 Å². The van der Waals surface area contributed by atoms with Crippen LogP contribution in [0.5, 0.6) is 0 Å². The Bertz CT molecular complexity index is 609. The Kier molecular flexibility index (Phi) is 6.85. The number of Topliss-reactive ketones (excluding diaryl/α,β-unsaturated/α-hetero) is 1. The van der Waals surface area contributed by atoms with Gasteiger partial charge in [-0.2, -0.15) is 0 Å². The molecule has 3 aliphatic carbocycles. The lowest BCUT2D eigenvalue weighted by Crippen LogP contribution is -2.49. The predicted octanol–water partition coefficient (Wildman–Crippen LogP) is 6.74. The van der Waals surface area contributed by atoms with Gasteiger partial charge in [-0.25, -0.2) is 0 Å². The van der Waals surface area contributed by atoms with Gasteiger partial charge in [-0.3, -0.25) is 4.79 Å². The largest absolute Gasteiger partial charge is 0.481 e. The zero-order chi connectivity index (χ0) is 21.4. The molecule has 1 N–H and O–H groups in total. The van der Waals surface area contributed by atoms with Crippen molar-refractivity contribution in [3.63, 3.8) is 0 Å². The molecule has 7 atom stereocenters. The maximum absolute atomic E-state index is 12.3. The van der Waals surface area contributed by atoms with Crippen molar-refractivity contribution in [3.8, 4) is 0 Å². The van der Waals surface area contributed by atoms with Gasteiger partial charge in [0.25, 0.3) is 0 Å². The molecule has 0 heterocycles. The Morgan fingerprint density at radius 3 is 2.41 bits per heavy atom. The number of carboxylic acids is 1. The Labute approximate surface area is 178 Å². The van der Waals surface area contributed by atoms with E-state index in [1.165, 1.54) is 51.4 Å². The summed E-state index contributed by atoms with van der Waals surface area (Å²) in [6.45, 7) is 11.5. The highest BCUT2D eigenvalue weighted by Gasteiger charge is 2.55. The van der Waals surface area contributed by atoms with Crippen LogP contribution >= 0.6 is 0 Å². The number of aliphatic carboxylic acids is 1. The molecular formula is C26H44O3. The quantitative estimate of drug-likeness (QED) is 0.511. The number of ketones is 1. The highest BCUT2D eigenvalue weighted by atomic mass is 16.4. The average molecular weight is 405 g/mol. The minimum Gasteiger partial charge on any atom is -0.481 e. The number of fused-ring (bicyclic) bond motifs is 1. The number of hydrogen-bond donors (Lipinski definition) is 1. The zero-order valence-electron chi connectivity index (χ0n) is 19.5. The van der Waals surface area contributed by atoms with E-state index in [0.717, 1.165) is 18.8 Å². The van der Waals surface area contributed by atoms with Crippen LogP contribution in [-0.2, 0) is 9.59 Å². The van der Waals surface area contributed by atoms with E-state index in [9.17, 15) is 9.59 Å². The SMILES string of the molecule is CC(=O)C[C@H]1[C@H]([C@@H]2CCC([C@H](C)CCC(=O)O)C2(C)C)CC[C@@H]2CCCC[C@@]21C. The first-order valence-corrected chi connectivity index (χ1v) is 12.3. The summed E-state index contributed by atoms with van der Waals surface area (Å²) in [7, 11) is 0. The van der Waals surface area contributed by atoms with Crippen LogP contribution in [0.3, 0.4) is 0 Å². The number of rotatable bonds is 7. The second kappa shape index (κ2) is 8.71. The second-order valence-electron chi connectivity index (χ2n) is 11.7. The molecule has 0 bridgehead atoms. The van der Waals surface area contributed by atoms with Crippen LogP contribution in [0.4, 0.5) is 0 Å². The molecule has 0 amide bonds. The molecule has 0 aromatic carbocycles. The lowest BCUT2D eigenvalue weighted by molar-refractivity contribution is -0.137. The van der Waals surface area contributed by atoms with Crippen molar-refractivity contribution in [2.24, 2.45) is 46.3 Å². The van der Waals surface area contributed by atoms with Gasteiger partial charge < -0.3 is 9.90 Å². The van der Waals surface area contributed by atoms with E-state index in [-0.39, 0.29) is 11.8 Å². The summed E-state index contributed by atoms with van der Waals surface area (Å²) in [5, 5.41) is 9.12. The molecular weight excluding hydrogens is 360 g/mol. The monoisotopic (exact) mass is 404 g/mol. The van der Waals surface area contributed by atoms with Gasteiger partial charge in [-0.15, -0.1) is 0 Å². The third-order valence-corrected chi connectivity index (χ3v) is 9.89. The van der Waals surface area contributed by atoms with Crippen molar-refractivity contribution < 1.29 is 14.7 Å². The molecule has 0 aliphatic heterocycles. The summed E-state index contributed by atoms with van der Waals surface area (Å²) in [5.74, 6) is 3.43. The highest BCUT2D eigenvalue weighted by molar-refractivity contribution is 5.75. The highest BCUT2D eigenvalue weighted by Crippen LogP contribution is 2.63. The summed E-state index contributed by atoms with van der Waals surface area (Å²) >= 11 is 0. The van der Waals surface area contributed by atoms with Crippen molar-refractivity contribution in [1.82, 2.24) is 0 Å². The van der Waals surface area contributed by atoms with Crippen LogP contribution < -0.4 is 0 Å². The fourth-order valence-electron chi connectivity index (χ4n) is 8.37.